The maximum atomic E-state index is 13.0. The highest BCUT2D eigenvalue weighted by Crippen LogP contribution is 2.34. The zero-order chi connectivity index (χ0) is 23.1. The van der Waals surface area contributed by atoms with Gasteiger partial charge in [-0.2, -0.15) is 0 Å². The van der Waals surface area contributed by atoms with Gasteiger partial charge in [-0.25, -0.2) is 0 Å². The van der Waals surface area contributed by atoms with Gasteiger partial charge >= 0.3 is 0 Å². The highest BCUT2D eigenvalue weighted by molar-refractivity contribution is 6.00. The summed E-state index contributed by atoms with van der Waals surface area (Å²) in [5.41, 5.74) is 8.23. The van der Waals surface area contributed by atoms with Gasteiger partial charge in [-0.05, 0) is 66.9 Å². The van der Waals surface area contributed by atoms with Crippen LogP contribution < -0.4 is 5.32 Å². The van der Waals surface area contributed by atoms with Gasteiger partial charge in [0, 0.05) is 17.0 Å². The molecule has 0 aromatic heterocycles. The molecule has 0 aliphatic rings. The molecule has 3 heteroatoms. The van der Waals surface area contributed by atoms with Gasteiger partial charge in [0.2, 0.25) is 0 Å². The van der Waals surface area contributed by atoms with Crippen molar-refractivity contribution in [2.24, 2.45) is 4.99 Å². The fourth-order valence-electron chi connectivity index (χ4n) is 3.97. The highest BCUT2D eigenvalue weighted by atomic mass is 16.1. The van der Waals surface area contributed by atoms with Gasteiger partial charge in [-0.3, -0.25) is 9.79 Å². The van der Waals surface area contributed by atoms with Gasteiger partial charge < -0.3 is 5.32 Å². The van der Waals surface area contributed by atoms with Gasteiger partial charge in [0.05, 0.1) is 5.69 Å². The fraction of sp³-hybridized carbons (Fsp3) is 0.429. The van der Waals surface area contributed by atoms with E-state index < -0.39 is 0 Å². The lowest BCUT2D eigenvalue weighted by molar-refractivity contribution is 0.0964. The monoisotopic (exact) mass is 418 g/mol. The SMILES string of the molecule is CCc1cccc(CC)c1C(=O)NC(C)=CC(C)=Nc1c(C(C)C)cccc1C(C)C. The Bertz CT molecular complexity index is 932. The lowest BCUT2D eigenvalue weighted by Gasteiger charge is -2.17. The summed E-state index contributed by atoms with van der Waals surface area (Å²) in [5, 5.41) is 3.08. The Kier molecular flexibility index (Phi) is 8.79. The summed E-state index contributed by atoms with van der Waals surface area (Å²) in [6.07, 6.45) is 3.63. The molecule has 166 valence electrons. The molecule has 3 nitrogen and oxygen atoms in total. The molecule has 0 heterocycles. The first kappa shape index (κ1) is 24.6. The van der Waals surface area contributed by atoms with Crippen LogP contribution in [-0.2, 0) is 12.8 Å². The molecule has 2 rings (SSSR count). The van der Waals surface area contributed by atoms with Crippen LogP contribution >= 0.6 is 0 Å². The van der Waals surface area contributed by atoms with Crippen molar-refractivity contribution < 1.29 is 4.79 Å². The number of carbonyl (C=O) groups excluding carboxylic acids is 1. The molecule has 0 unspecified atom stereocenters. The first-order valence-electron chi connectivity index (χ1n) is 11.5. The second-order valence-electron chi connectivity index (χ2n) is 8.79. The van der Waals surface area contributed by atoms with E-state index in [4.69, 9.17) is 4.99 Å². The average molecular weight is 419 g/mol. The predicted molar refractivity (Wildman–Crippen MR) is 134 cm³/mol. The third-order valence-corrected chi connectivity index (χ3v) is 5.59. The number of hydrogen-bond donors (Lipinski definition) is 1. The molecular formula is C28H38N2O. The minimum absolute atomic E-state index is 0.0405. The third-order valence-electron chi connectivity index (χ3n) is 5.59. The molecular weight excluding hydrogens is 380 g/mol. The molecule has 0 aliphatic carbocycles. The van der Waals surface area contributed by atoms with Crippen molar-refractivity contribution in [3.63, 3.8) is 0 Å². The second kappa shape index (κ2) is 11.1. The molecule has 2 aromatic rings. The molecule has 0 aliphatic heterocycles. The smallest absolute Gasteiger partial charge is 0.255 e. The summed E-state index contributed by atoms with van der Waals surface area (Å²) in [6, 6.07) is 12.6. The van der Waals surface area contributed by atoms with Crippen LogP contribution in [0.15, 0.2) is 53.2 Å². The molecule has 2 aromatic carbocycles. The Labute approximate surface area is 188 Å². The summed E-state index contributed by atoms with van der Waals surface area (Å²) in [7, 11) is 0. The maximum absolute atomic E-state index is 13.0. The van der Waals surface area contributed by atoms with Gasteiger partial charge in [0.25, 0.3) is 5.91 Å². The highest BCUT2D eigenvalue weighted by Gasteiger charge is 2.15. The fourth-order valence-corrected chi connectivity index (χ4v) is 3.97. The summed E-state index contributed by atoms with van der Waals surface area (Å²) < 4.78 is 0. The Morgan fingerprint density at radius 1 is 0.903 bits per heavy atom. The predicted octanol–water partition coefficient (Wildman–Crippen LogP) is 7.48. The number of nitrogens with one attached hydrogen (secondary N) is 1. The van der Waals surface area contributed by atoms with Crippen molar-refractivity contribution in [1.29, 1.82) is 0 Å². The van der Waals surface area contributed by atoms with Crippen molar-refractivity contribution >= 4 is 17.3 Å². The van der Waals surface area contributed by atoms with E-state index in [1.807, 2.05) is 38.1 Å². The minimum Gasteiger partial charge on any atom is -0.326 e. The molecule has 0 saturated heterocycles. The van der Waals surface area contributed by atoms with E-state index in [1.165, 1.54) is 11.1 Å². The van der Waals surface area contributed by atoms with E-state index in [1.54, 1.807) is 0 Å². The molecule has 0 spiro atoms. The van der Waals surface area contributed by atoms with Crippen LogP contribution in [0.2, 0.25) is 0 Å². The Morgan fingerprint density at radius 2 is 1.39 bits per heavy atom. The molecule has 1 N–H and O–H groups in total. The third kappa shape index (κ3) is 6.16. The number of rotatable bonds is 8. The van der Waals surface area contributed by atoms with Crippen molar-refractivity contribution in [3.05, 3.63) is 76.0 Å². The van der Waals surface area contributed by atoms with Gasteiger partial charge in [0.15, 0.2) is 0 Å². The zero-order valence-corrected chi connectivity index (χ0v) is 20.5. The Morgan fingerprint density at radius 3 is 1.84 bits per heavy atom. The summed E-state index contributed by atoms with van der Waals surface area (Å²) in [4.78, 5) is 18.0. The maximum Gasteiger partial charge on any atom is 0.255 e. The summed E-state index contributed by atoms with van der Waals surface area (Å²) >= 11 is 0. The van der Waals surface area contributed by atoms with Gasteiger partial charge in [0.1, 0.15) is 0 Å². The van der Waals surface area contributed by atoms with Crippen molar-refractivity contribution in [2.45, 2.75) is 80.1 Å². The zero-order valence-electron chi connectivity index (χ0n) is 20.5. The molecule has 0 fully saturated rings. The molecule has 0 saturated carbocycles. The molecule has 31 heavy (non-hydrogen) atoms. The minimum atomic E-state index is -0.0405. The normalized spacial score (nSPS) is 12.6. The van der Waals surface area contributed by atoms with Crippen molar-refractivity contribution in [1.82, 2.24) is 5.32 Å². The molecule has 0 bridgehead atoms. The number of carbonyl (C=O) groups is 1. The number of benzene rings is 2. The molecule has 0 radical (unpaired) electrons. The largest absolute Gasteiger partial charge is 0.326 e. The number of para-hydroxylation sites is 1. The van der Waals surface area contributed by atoms with Gasteiger partial charge in [-0.1, -0.05) is 77.9 Å². The van der Waals surface area contributed by atoms with Crippen LogP contribution in [-0.4, -0.2) is 11.6 Å². The van der Waals surface area contributed by atoms with E-state index in [9.17, 15) is 4.79 Å². The van der Waals surface area contributed by atoms with E-state index in [2.05, 4.69) is 65.1 Å². The standard InChI is InChI=1S/C28H38N2O/c1-9-22-13-11-14-23(10-2)26(22)28(31)30-21(8)17-20(7)29-27-24(18(3)4)15-12-16-25(27)19(5)6/h11-19H,9-10H2,1-8H3,(H,30,31). The first-order chi connectivity index (χ1) is 14.7. The van der Waals surface area contributed by atoms with Crippen LogP contribution in [0.5, 0.6) is 0 Å². The van der Waals surface area contributed by atoms with E-state index in [-0.39, 0.29) is 5.91 Å². The summed E-state index contributed by atoms with van der Waals surface area (Å²) in [5.74, 6) is 0.752. The van der Waals surface area contributed by atoms with E-state index >= 15 is 0 Å². The quantitative estimate of drug-likeness (QED) is 0.443. The number of allylic oxidation sites excluding steroid dienone is 2. The van der Waals surface area contributed by atoms with Gasteiger partial charge in [-0.15, -0.1) is 0 Å². The van der Waals surface area contributed by atoms with Crippen LogP contribution in [0.1, 0.15) is 99.8 Å². The van der Waals surface area contributed by atoms with Crippen molar-refractivity contribution in [3.8, 4) is 0 Å². The number of nitrogens with zero attached hydrogens (tertiary/aromatic N) is 1. The van der Waals surface area contributed by atoms with Crippen LogP contribution in [0.25, 0.3) is 0 Å². The summed E-state index contributed by atoms with van der Waals surface area (Å²) in [6.45, 7) is 16.9. The number of aliphatic imine (C=N–C) groups is 1. The van der Waals surface area contributed by atoms with Crippen LogP contribution in [0, 0.1) is 0 Å². The first-order valence-corrected chi connectivity index (χ1v) is 11.5. The number of aryl methyl sites for hydroxylation is 2. The van der Waals surface area contributed by atoms with E-state index in [0.717, 1.165) is 46.6 Å². The Hall–Kier alpha value is -2.68. The topological polar surface area (TPSA) is 41.5 Å². The van der Waals surface area contributed by atoms with Crippen LogP contribution in [0.4, 0.5) is 5.69 Å². The Balaban J connectivity index is 2.36. The average Bonchev–Trinajstić information content (AvgIpc) is 2.72. The number of hydrogen-bond acceptors (Lipinski definition) is 2. The van der Waals surface area contributed by atoms with E-state index in [0.29, 0.717) is 11.8 Å². The lowest BCUT2D eigenvalue weighted by atomic mass is 9.93. The van der Waals surface area contributed by atoms with Crippen molar-refractivity contribution in [2.75, 3.05) is 0 Å². The molecule has 0 atom stereocenters. The molecule has 1 amide bonds. The van der Waals surface area contributed by atoms with Crippen LogP contribution in [0.3, 0.4) is 0 Å². The lowest BCUT2D eigenvalue weighted by Crippen LogP contribution is -2.24. The number of amides is 1. The second-order valence-corrected chi connectivity index (χ2v) is 8.79.